The highest BCUT2D eigenvalue weighted by atomic mass is 35.6. The molecule has 0 radical (unpaired) electrons. The molecule has 7 heteroatoms. The lowest BCUT2D eigenvalue weighted by Gasteiger charge is -2.09. The summed E-state index contributed by atoms with van der Waals surface area (Å²) in [6.07, 6.45) is 1.87. The largest absolute Gasteiger partial charge is 0.457 e. The maximum Gasteiger partial charge on any atom is 0.349 e. The molecule has 0 saturated heterocycles. The highest BCUT2D eigenvalue weighted by Crippen LogP contribution is 2.26. The van der Waals surface area contributed by atoms with Gasteiger partial charge in [0.05, 0.1) is 5.69 Å². The Hall–Kier alpha value is -1.88. The Labute approximate surface area is 166 Å². The maximum absolute atomic E-state index is 12.2. The van der Waals surface area contributed by atoms with Crippen LogP contribution in [0.25, 0.3) is 0 Å². The number of ether oxygens (including phenoxy) is 1. The van der Waals surface area contributed by atoms with Crippen molar-refractivity contribution in [2.45, 2.75) is 16.6 Å². The van der Waals surface area contributed by atoms with Crippen molar-refractivity contribution in [3.63, 3.8) is 0 Å². The molecule has 0 aliphatic carbocycles. The Morgan fingerprint density at radius 3 is 2.35 bits per heavy atom. The van der Waals surface area contributed by atoms with Gasteiger partial charge in [-0.3, -0.25) is 4.79 Å². The summed E-state index contributed by atoms with van der Waals surface area (Å²) in [6.45, 7) is -0.365. The highest BCUT2D eigenvalue weighted by molar-refractivity contribution is 6.67. The van der Waals surface area contributed by atoms with Crippen molar-refractivity contribution in [1.82, 2.24) is 0 Å². The molecule has 0 N–H and O–H groups in total. The smallest absolute Gasteiger partial charge is 0.349 e. The number of aryl methyl sites for hydroxylation is 1. The van der Waals surface area contributed by atoms with Gasteiger partial charge >= 0.3 is 5.97 Å². The molecule has 0 aromatic heterocycles. The summed E-state index contributed by atoms with van der Waals surface area (Å²) in [7, 11) is 0. The second kappa shape index (κ2) is 9.72. The first kappa shape index (κ1) is 20.4. The lowest BCUT2D eigenvalue weighted by atomic mass is 10.0. The average molecular weight is 413 g/mol. The number of hydrogen-bond donors (Lipinski definition) is 0. The summed E-state index contributed by atoms with van der Waals surface area (Å²) in [5.74, 6) is -0.669. The van der Waals surface area contributed by atoms with Crippen LogP contribution < -0.4 is 0 Å². The number of ketones is 1. The van der Waals surface area contributed by atoms with Gasteiger partial charge in [-0.15, -0.1) is 0 Å². The first-order valence-electron chi connectivity index (χ1n) is 7.79. The zero-order chi connectivity index (χ0) is 19.0. The van der Waals surface area contributed by atoms with E-state index >= 15 is 0 Å². The zero-order valence-corrected chi connectivity index (χ0v) is 16.0. The number of para-hydroxylation sites is 1. The second-order valence-corrected chi connectivity index (χ2v) is 7.92. The van der Waals surface area contributed by atoms with Crippen molar-refractivity contribution in [3.05, 3.63) is 65.7 Å². The molecule has 4 nitrogen and oxygen atoms in total. The minimum atomic E-state index is -1.67. The van der Waals surface area contributed by atoms with E-state index in [1.807, 2.05) is 30.3 Å². The quantitative estimate of drug-likeness (QED) is 0.274. The van der Waals surface area contributed by atoms with Crippen LogP contribution >= 0.6 is 34.8 Å². The van der Waals surface area contributed by atoms with Gasteiger partial charge in [-0.25, -0.2) is 9.79 Å². The monoisotopic (exact) mass is 411 g/mol. The van der Waals surface area contributed by atoms with E-state index in [0.717, 1.165) is 11.8 Å². The van der Waals surface area contributed by atoms with Crippen LogP contribution in [-0.2, 0) is 16.0 Å². The number of carbonyl (C=O) groups excluding carboxylic acids is 2. The van der Waals surface area contributed by atoms with Gasteiger partial charge in [-0.1, -0.05) is 83.3 Å². The third-order valence-corrected chi connectivity index (χ3v) is 3.72. The van der Waals surface area contributed by atoms with Gasteiger partial charge in [0, 0.05) is 12.0 Å². The van der Waals surface area contributed by atoms with E-state index in [1.165, 1.54) is 0 Å². The molecule has 136 valence electrons. The van der Waals surface area contributed by atoms with Crippen molar-refractivity contribution < 1.29 is 14.3 Å². The Morgan fingerprint density at radius 1 is 1.00 bits per heavy atom. The van der Waals surface area contributed by atoms with Crippen LogP contribution in [0, 0.1) is 0 Å². The number of aliphatic imine (C=N–C) groups is 1. The third kappa shape index (κ3) is 7.16. The van der Waals surface area contributed by atoms with Crippen molar-refractivity contribution in [2.75, 3.05) is 6.61 Å². The molecule has 2 aromatic rings. The molecule has 26 heavy (non-hydrogen) atoms. The van der Waals surface area contributed by atoms with E-state index < -0.39 is 9.76 Å². The molecule has 0 aliphatic heterocycles. The fourth-order valence-electron chi connectivity index (χ4n) is 2.18. The van der Waals surface area contributed by atoms with E-state index in [9.17, 15) is 9.59 Å². The molecule has 0 bridgehead atoms. The van der Waals surface area contributed by atoms with E-state index in [-0.39, 0.29) is 12.4 Å². The third-order valence-electron chi connectivity index (χ3n) is 3.40. The maximum atomic E-state index is 12.2. The SMILES string of the molecule is O=C(C=Nc1ccccc1CCC(=O)c1ccccc1)OCC(Cl)(Cl)Cl. The summed E-state index contributed by atoms with van der Waals surface area (Å²) in [4.78, 5) is 28.0. The lowest BCUT2D eigenvalue weighted by molar-refractivity contribution is -0.134. The Kier molecular flexibility index (Phi) is 7.64. The molecule has 0 saturated carbocycles. The van der Waals surface area contributed by atoms with Crippen LogP contribution in [0.1, 0.15) is 22.3 Å². The first-order valence-corrected chi connectivity index (χ1v) is 8.92. The predicted octanol–water partition coefficient (Wildman–Crippen LogP) is 5.12. The average Bonchev–Trinajstić information content (AvgIpc) is 2.63. The Balaban J connectivity index is 1.98. The summed E-state index contributed by atoms with van der Waals surface area (Å²) in [5, 5.41) is 0. The van der Waals surface area contributed by atoms with Crippen LogP contribution in [0.2, 0.25) is 0 Å². The molecule has 0 heterocycles. The number of carbonyl (C=O) groups is 2. The number of nitrogens with zero attached hydrogens (tertiary/aromatic N) is 1. The minimum Gasteiger partial charge on any atom is -0.457 e. The predicted molar refractivity (Wildman–Crippen MR) is 105 cm³/mol. The molecule has 2 aromatic carbocycles. The second-order valence-electron chi connectivity index (χ2n) is 5.40. The lowest BCUT2D eigenvalue weighted by Crippen LogP contribution is -2.17. The Morgan fingerprint density at radius 2 is 1.65 bits per heavy atom. The highest BCUT2D eigenvalue weighted by Gasteiger charge is 2.21. The van der Waals surface area contributed by atoms with Crippen LogP contribution in [-0.4, -0.2) is 28.4 Å². The van der Waals surface area contributed by atoms with Gasteiger partial charge in [0.2, 0.25) is 3.79 Å². The molecule has 0 spiro atoms. The number of hydrogen-bond acceptors (Lipinski definition) is 4. The molecule has 0 amide bonds. The first-order chi connectivity index (χ1) is 12.3. The van der Waals surface area contributed by atoms with E-state index in [2.05, 4.69) is 4.99 Å². The van der Waals surface area contributed by atoms with Crippen molar-refractivity contribution >= 4 is 58.5 Å². The molecule has 0 aliphatic rings. The number of halogens is 3. The minimum absolute atomic E-state index is 0.0477. The van der Waals surface area contributed by atoms with Crippen LogP contribution in [0.15, 0.2) is 59.6 Å². The number of benzene rings is 2. The van der Waals surface area contributed by atoms with Gasteiger partial charge < -0.3 is 4.74 Å². The van der Waals surface area contributed by atoms with Crippen LogP contribution in [0.4, 0.5) is 5.69 Å². The molecule has 0 unspecified atom stereocenters. The molecule has 0 atom stereocenters. The fourth-order valence-corrected chi connectivity index (χ4v) is 2.34. The number of Topliss-reactive ketones (excluding diaryl/α,β-unsaturated/α-hetero) is 1. The van der Waals surface area contributed by atoms with Gasteiger partial charge in [0.1, 0.15) is 12.8 Å². The van der Waals surface area contributed by atoms with Gasteiger partial charge in [0.25, 0.3) is 0 Å². The molecule has 2 rings (SSSR count). The van der Waals surface area contributed by atoms with E-state index in [1.54, 1.807) is 24.3 Å². The molecule has 0 fully saturated rings. The van der Waals surface area contributed by atoms with E-state index in [0.29, 0.717) is 24.1 Å². The number of alkyl halides is 3. The molecular weight excluding hydrogens is 397 g/mol. The van der Waals surface area contributed by atoms with Gasteiger partial charge in [-0.2, -0.15) is 0 Å². The van der Waals surface area contributed by atoms with Crippen LogP contribution in [0.3, 0.4) is 0 Å². The fraction of sp³-hybridized carbons (Fsp3) is 0.211. The number of rotatable bonds is 7. The summed E-state index contributed by atoms with van der Waals surface area (Å²) in [6, 6.07) is 16.3. The standard InChI is InChI=1S/C19H16Cl3NO3/c20-19(21,22)13-26-18(25)12-23-16-9-5-4-6-14(16)10-11-17(24)15-7-2-1-3-8-15/h1-9,12H,10-11,13H2. The summed E-state index contributed by atoms with van der Waals surface area (Å²) in [5.41, 5.74) is 2.10. The molecular formula is C19H16Cl3NO3. The van der Waals surface area contributed by atoms with Crippen molar-refractivity contribution in [3.8, 4) is 0 Å². The van der Waals surface area contributed by atoms with Crippen molar-refractivity contribution in [2.24, 2.45) is 4.99 Å². The van der Waals surface area contributed by atoms with Gasteiger partial charge in [-0.05, 0) is 18.1 Å². The normalized spacial score (nSPS) is 11.5. The topological polar surface area (TPSA) is 55.7 Å². The van der Waals surface area contributed by atoms with E-state index in [4.69, 9.17) is 39.5 Å². The van der Waals surface area contributed by atoms with Crippen LogP contribution in [0.5, 0.6) is 0 Å². The summed E-state index contributed by atoms with van der Waals surface area (Å²) >= 11 is 16.6. The van der Waals surface area contributed by atoms with Gasteiger partial charge in [0.15, 0.2) is 5.78 Å². The Bertz CT molecular complexity index is 786. The summed E-state index contributed by atoms with van der Waals surface area (Å²) < 4.78 is 3.12. The number of esters is 1. The zero-order valence-electron chi connectivity index (χ0n) is 13.7. The van der Waals surface area contributed by atoms with Crippen molar-refractivity contribution in [1.29, 1.82) is 0 Å².